The number of benzene rings is 2. The Kier molecular flexibility index (Phi) is 6.14. The van der Waals surface area contributed by atoms with E-state index in [1.54, 1.807) is 0 Å². The SMILES string of the molecule is COc1ccc([N+](=O)[O-])cc1-c1ccc(/C=C2\C(=O)NC(=S)N(c3ccc(F)c(Cl)c3)C2=O)o1. The molecule has 1 aromatic heterocycles. The number of nitrogens with zero attached hydrogens (tertiary/aromatic N) is 2. The zero-order valence-electron chi connectivity index (χ0n) is 17.2. The Morgan fingerprint density at radius 3 is 2.65 bits per heavy atom. The fourth-order valence-corrected chi connectivity index (χ4v) is 3.69. The van der Waals surface area contributed by atoms with Gasteiger partial charge in [-0.2, -0.15) is 0 Å². The summed E-state index contributed by atoms with van der Waals surface area (Å²) in [4.78, 5) is 37.1. The quantitative estimate of drug-likeness (QED) is 0.180. The molecule has 12 heteroatoms. The maximum atomic E-state index is 13.5. The Labute approximate surface area is 201 Å². The molecule has 1 N–H and O–H groups in total. The van der Waals surface area contributed by atoms with Gasteiger partial charge >= 0.3 is 0 Å². The molecule has 1 aliphatic rings. The molecule has 9 nitrogen and oxygen atoms in total. The van der Waals surface area contributed by atoms with Crippen molar-refractivity contribution in [1.82, 2.24) is 5.32 Å². The number of carbonyl (C=O) groups is 2. The first kappa shape index (κ1) is 23.1. The van der Waals surface area contributed by atoms with Gasteiger partial charge in [-0.3, -0.25) is 29.9 Å². The topological polar surface area (TPSA) is 115 Å². The number of ether oxygens (including phenoxy) is 1. The first-order chi connectivity index (χ1) is 16.2. The van der Waals surface area contributed by atoms with E-state index in [-0.39, 0.29) is 38.6 Å². The number of hydrogen-bond donors (Lipinski definition) is 1. The van der Waals surface area contributed by atoms with Crippen LogP contribution in [0.25, 0.3) is 17.4 Å². The highest BCUT2D eigenvalue weighted by molar-refractivity contribution is 7.80. The Hall–Kier alpha value is -4.09. The average molecular weight is 502 g/mol. The number of methoxy groups -OCH3 is 1. The van der Waals surface area contributed by atoms with Crippen LogP contribution in [0, 0.1) is 15.9 Å². The first-order valence-electron chi connectivity index (χ1n) is 9.48. The van der Waals surface area contributed by atoms with Gasteiger partial charge in [0.25, 0.3) is 17.5 Å². The molecule has 172 valence electrons. The van der Waals surface area contributed by atoms with Gasteiger partial charge in [0.2, 0.25) is 0 Å². The van der Waals surface area contributed by atoms with Gasteiger partial charge in [-0.1, -0.05) is 11.6 Å². The van der Waals surface area contributed by atoms with Crippen LogP contribution in [0.2, 0.25) is 5.02 Å². The summed E-state index contributed by atoms with van der Waals surface area (Å²) >= 11 is 10.9. The van der Waals surface area contributed by atoms with Gasteiger partial charge < -0.3 is 9.15 Å². The van der Waals surface area contributed by atoms with Crippen LogP contribution in [0.1, 0.15) is 5.76 Å². The summed E-state index contributed by atoms with van der Waals surface area (Å²) in [5, 5.41) is 13.1. The third kappa shape index (κ3) is 4.26. The van der Waals surface area contributed by atoms with Crippen molar-refractivity contribution >= 4 is 58.2 Å². The monoisotopic (exact) mass is 501 g/mol. The number of halogens is 2. The lowest BCUT2D eigenvalue weighted by molar-refractivity contribution is -0.384. The number of nitro groups is 1. The van der Waals surface area contributed by atoms with Gasteiger partial charge in [0.05, 0.1) is 28.3 Å². The smallest absolute Gasteiger partial charge is 0.270 e. The summed E-state index contributed by atoms with van der Waals surface area (Å²) in [6.07, 6.45) is 1.20. The number of rotatable bonds is 5. The minimum Gasteiger partial charge on any atom is -0.496 e. The first-order valence-corrected chi connectivity index (χ1v) is 10.3. The molecule has 0 bridgehead atoms. The highest BCUT2D eigenvalue weighted by Crippen LogP contribution is 2.35. The van der Waals surface area contributed by atoms with Gasteiger partial charge in [0.1, 0.15) is 28.7 Å². The Morgan fingerprint density at radius 2 is 1.97 bits per heavy atom. The fourth-order valence-electron chi connectivity index (χ4n) is 3.24. The van der Waals surface area contributed by atoms with E-state index >= 15 is 0 Å². The largest absolute Gasteiger partial charge is 0.496 e. The van der Waals surface area contributed by atoms with Gasteiger partial charge in [-0.05, 0) is 54.7 Å². The van der Waals surface area contributed by atoms with E-state index in [1.807, 2.05) is 0 Å². The van der Waals surface area contributed by atoms with E-state index in [0.29, 0.717) is 11.3 Å². The molecular weight excluding hydrogens is 489 g/mol. The minimum absolute atomic E-state index is 0.118. The van der Waals surface area contributed by atoms with Crippen molar-refractivity contribution in [3.05, 3.63) is 80.8 Å². The molecule has 0 unspecified atom stereocenters. The van der Waals surface area contributed by atoms with Crippen molar-refractivity contribution in [2.24, 2.45) is 0 Å². The van der Waals surface area contributed by atoms with E-state index in [1.165, 1.54) is 55.7 Å². The Balaban J connectivity index is 1.71. The number of furan rings is 1. The summed E-state index contributed by atoms with van der Waals surface area (Å²) in [5.41, 5.74) is -0.00435. The minimum atomic E-state index is -0.776. The zero-order valence-corrected chi connectivity index (χ0v) is 18.8. The predicted octanol–water partition coefficient (Wildman–Crippen LogP) is 4.49. The number of nitrogens with one attached hydrogen (secondary N) is 1. The third-order valence-corrected chi connectivity index (χ3v) is 5.41. The predicted molar refractivity (Wildman–Crippen MR) is 125 cm³/mol. The van der Waals surface area contributed by atoms with Crippen LogP contribution in [-0.2, 0) is 9.59 Å². The van der Waals surface area contributed by atoms with Gasteiger partial charge in [-0.25, -0.2) is 4.39 Å². The van der Waals surface area contributed by atoms with Crippen LogP contribution in [0.15, 0.2) is 58.5 Å². The number of hydrogen-bond acceptors (Lipinski definition) is 7. The van der Waals surface area contributed by atoms with E-state index in [0.717, 1.165) is 11.0 Å². The molecule has 4 rings (SSSR count). The van der Waals surface area contributed by atoms with Crippen molar-refractivity contribution in [2.75, 3.05) is 12.0 Å². The molecule has 2 amide bonds. The van der Waals surface area contributed by atoms with Crippen LogP contribution in [-0.4, -0.2) is 29.0 Å². The molecule has 3 aromatic rings. The standard InChI is InChI=1S/C22H13ClFN3O6S/c1-32-18-6-3-12(27(30)31)8-14(18)19-7-4-13(33-19)10-15-20(28)25-22(34)26(21(15)29)11-2-5-17(24)16(23)9-11/h2-10H,1H3,(H,25,28,34)/b15-10+. The summed E-state index contributed by atoms with van der Waals surface area (Å²) < 4.78 is 24.5. The van der Waals surface area contributed by atoms with Crippen molar-refractivity contribution in [1.29, 1.82) is 0 Å². The molecule has 2 aromatic carbocycles. The Bertz CT molecular complexity index is 1400. The van der Waals surface area contributed by atoms with Gasteiger partial charge in [0, 0.05) is 12.1 Å². The molecular formula is C22H13ClFN3O6S. The number of anilines is 1. The van der Waals surface area contributed by atoms with Gasteiger partial charge in [-0.15, -0.1) is 0 Å². The molecule has 0 aliphatic carbocycles. The molecule has 1 saturated heterocycles. The molecule has 2 heterocycles. The molecule has 34 heavy (non-hydrogen) atoms. The van der Waals surface area contributed by atoms with Crippen LogP contribution in [0.5, 0.6) is 5.75 Å². The van der Waals surface area contributed by atoms with Crippen LogP contribution >= 0.6 is 23.8 Å². The number of amides is 2. The molecule has 1 aliphatic heterocycles. The lowest BCUT2D eigenvalue weighted by Gasteiger charge is -2.28. The van der Waals surface area contributed by atoms with Crippen molar-refractivity contribution in [3.8, 4) is 17.1 Å². The fraction of sp³-hybridized carbons (Fsp3) is 0.0455. The number of carbonyl (C=O) groups excluding carboxylic acids is 2. The average Bonchev–Trinajstić information content (AvgIpc) is 3.27. The van der Waals surface area contributed by atoms with E-state index in [4.69, 9.17) is 33.0 Å². The van der Waals surface area contributed by atoms with Crippen LogP contribution in [0.3, 0.4) is 0 Å². The van der Waals surface area contributed by atoms with Crippen molar-refractivity contribution in [2.45, 2.75) is 0 Å². The maximum Gasteiger partial charge on any atom is 0.270 e. The third-order valence-electron chi connectivity index (χ3n) is 4.84. The van der Waals surface area contributed by atoms with E-state index < -0.39 is 22.6 Å². The summed E-state index contributed by atoms with van der Waals surface area (Å²) in [6, 6.07) is 10.6. The summed E-state index contributed by atoms with van der Waals surface area (Å²) in [5.74, 6) is -1.55. The molecule has 1 fully saturated rings. The Morgan fingerprint density at radius 1 is 1.21 bits per heavy atom. The highest BCUT2D eigenvalue weighted by atomic mass is 35.5. The molecule has 0 atom stereocenters. The summed E-state index contributed by atoms with van der Waals surface area (Å²) in [6.45, 7) is 0. The second-order valence-electron chi connectivity index (χ2n) is 6.90. The highest BCUT2D eigenvalue weighted by Gasteiger charge is 2.35. The molecule has 0 spiro atoms. The lowest BCUT2D eigenvalue weighted by Crippen LogP contribution is -2.54. The van der Waals surface area contributed by atoms with E-state index in [2.05, 4.69) is 5.32 Å². The van der Waals surface area contributed by atoms with Crippen molar-refractivity contribution < 1.29 is 28.1 Å². The molecule has 0 radical (unpaired) electrons. The number of thiocarbonyl (C=S) groups is 1. The summed E-state index contributed by atoms with van der Waals surface area (Å²) in [7, 11) is 1.40. The lowest BCUT2D eigenvalue weighted by atomic mass is 10.1. The van der Waals surface area contributed by atoms with Crippen LogP contribution < -0.4 is 15.0 Å². The normalized spacial score (nSPS) is 15.0. The molecule has 0 saturated carbocycles. The van der Waals surface area contributed by atoms with E-state index in [9.17, 15) is 24.1 Å². The second kappa shape index (κ2) is 9.04. The van der Waals surface area contributed by atoms with Crippen molar-refractivity contribution in [3.63, 3.8) is 0 Å². The zero-order chi connectivity index (χ0) is 24.6. The second-order valence-corrected chi connectivity index (χ2v) is 7.69. The number of non-ortho nitro benzene ring substituents is 1. The van der Waals surface area contributed by atoms with Crippen LogP contribution in [0.4, 0.5) is 15.8 Å². The maximum absolute atomic E-state index is 13.5. The number of nitro benzene ring substituents is 1. The van der Waals surface area contributed by atoms with Gasteiger partial charge in [0.15, 0.2) is 5.11 Å².